The van der Waals surface area contributed by atoms with E-state index in [0.717, 1.165) is 16.0 Å². The molecule has 13 heavy (non-hydrogen) atoms. The first-order chi connectivity index (χ1) is 5.88. The number of halogens is 1. The van der Waals surface area contributed by atoms with Crippen molar-refractivity contribution in [2.75, 3.05) is 7.11 Å². The molecule has 0 N–H and O–H groups in total. The Balaban J connectivity index is 3.26. The number of hydrogen-bond donors (Lipinski definition) is 0. The third kappa shape index (κ3) is 1.88. The van der Waals surface area contributed by atoms with Gasteiger partial charge in [0.2, 0.25) is 0 Å². The van der Waals surface area contributed by atoms with Crippen LogP contribution in [-0.2, 0) is 5.54 Å². The molecule has 0 radical (unpaired) electrons. The van der Waals surface area contributed by atoms with Gasteiger partial charge in [-0.1, -0.05) is 0 Å². The van der Waals surface area contributed by atoms with Crippen molar-refractivity contribution < 1.29 is 4.74 Å². The molecule has 0 aromatic carbocycles. The average molecular weight is 247 g/mol. The molecule has 0 fully saturated rings. The van der Waals surface area contributed by atoms with Crippen LogP contribution in [0.5, 0.6) is 5.75 Å². The van der Waals surface area contributed by atoms with E-state index in [0.29, 0.717) is 0 Å². The first kappa shape index (κ1) is 10.6. The van der Waals surface area contributed by atoms with Gasteiger partial charge in [0.25, 0.3) is 0 Å². The number of aromatic nitrogens is 2. The van der Waals surface area contributed by atoms with Crippen molar-refractivity contribution in [3.8, 4) is 5.75 Å². The minimum Gasteiger partial charge on any atom is -0.492 e. The van der Waals surface area contributed by atoms with Crippen molar-refractivity contribution in [3.05, 3.63) is 10.3 Å². The summed E-state index contributed by atoms with van der Waals surface area (Å²) in [4.78, 5) is 0. The van der Waals surface area contributed by atoms with Crippen molar-refractivity contribution >= 4 is 15.9 Å². The molecule has 4 heteroatoms. The smallest absolute Gasteiger partial charge is 0.174 e. The highest BCUT2D eigenvalue weighted by molar-refractivity contribution is 9.10. The Labute approximate surface area is 87.2 Å². The van der Waals surface area contributed by atoms with E-state index in [1.54, 1.807) is 7.11 Å². The fourth-order valence-electron chi connectivity index (χ4n) is 1.34. The van der Waals surface area contributed by atoms with Gasteiger partial charge in [-0.2, -0.15) is 5.10 Å². The minimum absolute atomic E-state index is 0.0105. The molecule has 1 rings (SSSR count). The second-order valence-corrected chi connectivity index (χ2v) is 4.74. The van der Waals surface area contributed by atoms with Crippen LogP contribution in [0.4, 0.5) is 0 Å². The molecule has 0 saturated carbocycles. The summed E-state index contributed by atoms with van der Waals surface area (Å²) in [6.45, 7) is 8.33. The predicted octanol–water partition coefficient (Wildman–Crippen LogP) is 2.72. The van der Waals surface area contributed by atoms with Gasteiger partial charge in [0.15, 0.2) is 10.4 Å². The van der Waals surface area contributed by atoms with Gasteiger partial charge in [0.1, 0.15) is 0 Å². The quantitative estimate of drug-likeness (QED) is 0.762. The highest BCUT2D eigenvalue weighted by atomic mass is 79.9. The average Bonchev–Trinajstić information content (AvgIpc) is 2.25. The maximum absolute atomic E-state index is 5.22. The summed E-state index contributed by atoms with van der Waals surface area (Å²) in [6.07, 6.45) is 0. The molecule has 0 atom stereocenters. The molecular weight excluding hydrogens is 232 g/mol. The van der Waals surface area contributed by atoms with Crippen LogP contribution in [0.25, 0.3) is 0 Å². The van der Waals surface area contributed by atoms with Crippen LogP contribution in [0.3, 0.4) is 0 Å². The lowest BCUT2D eigenvalue weighted by molar-refractivity contribution is 0.342. The lowest BCUT2D eigenvalue weighted by Crippen LogP contribution is -2.24. The number of hydrogen-bond acceptors (Lipinski definition) is 2. The summed E-state index contributed by atoms with van der Waals surface area (Å²) in [7, 11) is 1.65. The first-order valence-corrected chi connectivity index (χ1v) is 4.97. The molecule has 0 unspecified atom stereocenters. The van der Waals surface area contributed by atoms with Crippen LogP contribution in [0.1, 0.15) is 26.5 Å². The van der Waals surface area contributed by atoms with Gasteiger partial charge in [-0.3, -0.25) is 4.68 Å². The highest BCUT2D eigenvalue weighted by Crippen LogP contribution is 2.30. The van der Waals surface area contributed by atoms with Crippen LogP contribution in [0, 0.1) is 6.92 Å². The summed E-state index contributed by atoms with van der Waals surface area (Å²) in [5.41, 5.74) is 1.03. The van der Waals surface area contributed by atoms with E-state index < -0.39 is 0 Å². The lowest BCUT2D eigenvalue weighted by atomic mass is 10.1. The number of rotatable bonds is 1. The summed E-state index contributed by atoms with van der Waals surface area (Å²) in [5.74, 6) is 0.815. The summed E-state index contributed by atoms with van der Waals surface area (Å²) >= 11 is 3.36. The van der Waals surface area contributed by atoms with Crippen LogP contribution < -0.4 is 4.74 Å². The number of ether oxygens (including phenoxy) is 1. The van der Waals surface area contributed by atoms with Gasteiger partial charge in [0.05, 0.1) is 18.3 Å². The molecule has 0 saturated heterocycles. The highest BCUT2D eigenvalue weighted by Gasteiger charge is 2.21. The largest absolute Gasteiger partial charge is 0.492 e. The standard InChI is InChI=1S/C9H15BrN2O/c1-6-7(13-5)8(10)11-12(6)9(2,3)4/h1-5H3. The SMILES string of the molecule is COc1c(Br)nn(C(C)(C)C)c1C. The first-order valence-electron chi connectivity index (χ1n) is 4.17. The lowest BCUT2D eigenvalue weighted by Gasteiger charge is -2.20. The molecule has 0 spiro atoms. The van der Waals surface area contributed by atoms with Gasteiger partial charge in [-0.25, -0.2) is 0 Å². The Morgan fingerprint density at radius 2 is 1.92 bits per heavy atom. The molecule has 0 aliphatic heterocycles. The van der Waals surface area contributed by atoms with E-state index in [9.17, 15) is 0 Å². The Bertz CT molecular complexity index is 312. The summed E-state index contributed by atoms with van der Waals surface area (Å²) in [5, 5.41) is 4.36. The van der Waals surface area contributed by atoms with E-state index in [-0.39, 0.29) is 5.54 Å². The van der Waals surface area contributed by atoms with Crippen LogP contribution in [0.15, 0.2) is 4.60 Å². The Kier molecular flexibility index (Phi) is 2.71. The van der Waals surface area contributed by atoms with Crippen LogP contribution in [-0.4, -0.2) is 16.9 Å². The molecular formula is C9H15BrN2O. The van der Waals surface area contributed by atoms with Crippen molar-refractivity contribution in [3.63, 3.8) is 0 Å². The van der Waals surface area contributed by atoms with Crippen LogP contribution in [0.2, 0.25) is 0 Å². The zero-order valence-electron chi connectivity index (χ0n) is 8.68. The predicted molar refractivity (Wildman–Crippen MR) is 56.2 cm³/mol. The van der Waals surface area contributed by atoms with E-state index in [2.05, 4.69) is 41.8 Å². The molecule has 0 bridgehead atoms. The molecule has 1 aromatic rings. The number of nitrogens with zero attached hydrogens (tertiary/aromatic N) is 2. The van der Waals surface area contributed by atoms with E-state index in [1.165, 1.54) is 0 Å². The minimum atomic E-state index is -0.0105. The monoisotopic (exact) mass is 246 g/mol. The summed E-state index contributed by atoms with van der Waals surface area (Å²) in [6, 6.07) is 0. The normalized spacial score (nSPS) is 11.8. The summed E-state index contributed by atoms with van der Waals surface area (Å²) < 4.78 is 7.94. The van der Waals surface area contributed by atoms with E-state index >= 15 is 0 Å². The second-order valence-electron chi connectivity index (χ2n) is 3.99. The zero-order valence-corrected chi connectivity index (χ0v) is 10.3. The molecule has 3 nitrogen and oxygen atoms in total. The topological polar surface area (TPSA) is 27.1 Å². The van der Waals surface area contributed by atoms with Crippen molar-refractivity contribution in [1.82, 2.24) is 9.78 Å². The van der Waals surface area contributed by atoms with Gasteiger partial charge < -0.3 is 4.74 Å². The van der Waals surface area contributed by atoms with E-state index in [1.807, 2.05) is 11.6 Å². The zero-order chi connectivity index (χ0) is 10.2. The maximum Gasteiger partial charge on any atom is 0.174 e. The van der Waals surface area contributed by atoms with Crippen LogP contribution >= 0.6 is 15.9 Å². The Morgan fingerprint density at radius 1 is 1.38 bits per heavy atom. The molecule has 0 aliphatic carbocycles. The van der Waals surface area contributed by atoms with Gasteiger partial charge in [-0.15, -0.1) is 0 Å². The fraction of sp³-hybridized carbons (Fsp3) is 0.667. The third-order valence-electron chi connectivity index (χ3n) is 1.86. The Morgan fingerprint density at radius 3 is 2.15 bits per heavy atom. The maximum atomic E-state index is 5.22. The van der Waals surface area contributed by atoms with E-state index in [4.69, 9.17) is 4.74 Å². The second kappa shape index (κ2) is 3.33. The molecule has 0 aliphatic rings. The molecule has 1 aromatic heterocycles. The van der Waals surface area contributed by atoms with Gasteiger partial charge >= 0.3 is 0 Å². The van der Waals surface area contributed by atoms with Crippen molar-refractivity contribution in [2.45, 2.75) is 33.2 Å². The van der Waals surface area contributed by atoms with Crippen molar-refractivity contribution in [1.29, 1.82) is 0 Å². The molecule has 0 amide bonds. The third-order valence-corrected chi connectivity index (χ3v) is 2.38. The molecule has 74 valence electrons. The Hall–Kier alpha value is -0.510. The molecule has 1 heterocycles. The van der Waals surface area contributed by atoms with Crippen molar-refractivity contribution in [2.24, 2.45) is 0 Å². The number of methoxy groups -OCH3 is 1. The fourth-order valence-corrected chi connectivity index (χ4v) is 1.95. The van der Waals surface area contributed by atoms with Gasteiger partial charge in [0, 0.05) is 0 Å². The van der Waals surface area contributed by atoms with Gasteiger partial charge in [-0.05, 0) is 43.6 Å².